The third kappa shape index (κ3) is 3.48. The van der Waals surface area contributed by atoms with E-state index >= 15 is 0 Å². The summed E-state index contributed by atoms with van der Waals surface area (Å²) in [6, 6.07) is 48.8. The lowest BCUT2D eigenvalue weighted by Gasteiger charge is -2.10. The van der Waals surface area contributed by atoms with E-state index < -0.39 is 0 Å². The molecule has 0 N–H and O–H groups in total. The molecular formula is C39H24N6. The van der Waals surface area contributed by atoms with Gasteiger partial charge in [0.25, 0.3) is 0 Å². The van der Waals surface area contributed by atoms with Crippen molar-refractivity contribution in [2.75, 3.05) is 0 Å². The average molecular weight is 577 g/mol. The van der Waals surface area contributed by atoms with Gasteiger partial charge >= 0.3 is 0 Å². The Hall–Kier alpha value is -6.27. The first kappa shape index (κ1) is 24.2. The molecular weight excluding hydrogens is 552 g/mol. The van der Waals surface area contributed by atoms with Crippen molar-refractivity contribution in [2.24, 2.45) is 0 Å². The van der Waals surface area contributed by atoms with Crippen molar-refractivity contribution >= 4 is 60.7 Å². The molecule has 0 saturated heterocycles. The molecule has 0 aliphatic rings. The van der Waals surface area contributed by atoms with Crippen molar-refractivity contribution in [3.05, 3.63) is 146 Å². The van der Waals surface area contributed by atoms with Crippen molar-refractivity contribution in [1.82, 2.24) is 28.5 Å². The van der Waals surface area contributed by atoms with Crippen LogP contribution in [-0.2, 0) is 0 Å². The summed E-state index contributed by atoms with van der Waals surface area (Å²) in [6.45, 7) is 0. The molecule has 6 nitrogen and oxygen atoms in total. The van der Waals surface area contributed by atoms with Crippen molar-refractivity contribution < 1.29 is 0 Å². The van der Waals surface area contributed by atoms with Gasteiger partial charge in [0.2, 0.25) is 5.78 Å². The summed E-state index contributed by atoms with van der Waals surface area (Å²) < 4.78 is 6.89. The van der Waals surface area contributed by atoms with Gasteiger partial charge in [0.1, 0.15) is 0 Å². The minimum absolute atomic E-state index is 0.865. The molecule has 210 valence electrons. The van der Waals surface area contributed by atoms with E-state index in [1.165, 1.54) is 10.8 Å². The van der Waals surface area contributed by atoms with Crippen LogP contribution < -0.4 is 0 Å². The largest absolute Gasteiger partial charge is 0.309 e. The van der Waals surface area contributed by atoms with Crippen molar-refractivity contribution in [3.63, 3.8) is 0 Å². The molecule has 10 rings (SSSR count). The lowest BCUT2D eigenvalue weighted by Crippen LogP contribution is -1.96. The fourth-order valence-corrected chi connectivity index (χ4v) is 6.86. The Bertz CT molecular complexity index is 2760. The van der Waals surface area contributed by atoms with Crippen LogP contribution >= 0.6 is 0 Å². The molecule has 0 bridgehead atoms. The predicted molar refractivity (Wildman–Crippen MR) is 182 cm³/mol. The van der Waals surface area contributed by atoms with Gasteiger partial charge < -0.3 is 4.57 Å². The summed E-state index contributed by atoms with van der Waals surface area (Å²) in [6.07, 6.45) is 1.85. The molecule has 0 fully saturated rings. The van der Waals surface area contributed by atoms with E-state index in [2.05, 4.69) is 128 Å². The van der Waals surface area contributed by atoms with Crippen LogP contribution in [-0.4, -0.2) is 28.5 Å². The molecule has 4 heterocycles. The summed E-state index contributed by atoms with van der Waals surface area (Å²) >= 11 is 0. The lowest BCUT2D eigenvalue weighted by atomic mass is 10.1. The van der Waals surface area contributed by atoms with Gasteiger partial charge in [0.15, 0.2) is 0 Å². The van der Waals surface area contributed by atoms with Crippen LogP contribution in [0, 0.1) is 0 Å². The summed E-state index contributed by atoms with van der Waals surface area (Å²) in [5, 5.41) is 2.40. The highest BCUT2D eigenvalue weighted by Crippen LogP contribution is 2.36. The summed E-state index contributed by atoms with van der Waals surface area (Å²) in [4.78, 5) is 14.6. The van der Waals surface area contributed by atoms with E-state index in [9.17, 15) is 0 Å². The Labute approximate surface area is 257 Å². The molecule has 0 spiro atoms. The maximum absolute atomic E-state index is 5.09. The molecule has 0 amide bonds. The number of para-hydroxylation sites is 7. The summed E-state index contributed by atoms with van der Waals surface area (Å²) in [5.74, 6) is 0.910. The van der Waals surface area contributed by atoms with Gasteiger partial charge in [-0.15, -0.1) is 0 Å². The van der Waals surface area contributed by atoms with Crippen LogP contribution in [0.4, 0.5) is 0 Å². The molecule has 0 aliphatic heterocycles. The average Bonchev–Trinajstić information content (AvgIpc) is 3.75. The van der Waals surface area contributed by atoms with Gasteiger partial charge in [-0.05, 0) is 72.8 Å². The normalized spacial score (nSPS) is 12.0. The van der Waals surface area contributed by atoms with E-state index in [0.29, 0.717) is 0 Å². The zero-order valence-electron chi connectivity index (χ0n) is 24.0. The quantitative estimate of drug-likeness (QED) is 0.211. The minimum Gasteiger partial charge on any atom is -0.309 e. The SMILES string of the molecule is c1ccc2nc(-c3ccc(-n4c5ccccc5c5cc(-n6c7ccccc7n7c8ccccc8nc67)ccc54)cc3)cnc2c1. The minimum atomic E-state index is 0.865. The molecule has 0 unspecified atom stereocenters. The van der Waals surface area contributed by atoms with E-state index in [-0.39, 0.29) is 0 Å². The number of aromatic nitrogens is 6. The van der Waals surface area contributed by atoms with E-state index in [1.807, 2.05) is 36.5 Å². The smallest absolute Gasteiger partial charge is 0.220 e. The van der Waals surface area contributed by atoms with E-state index in [0.717, 1.165) is 72.5 Å². The summed E-state index contributed by atoms with van der Waals surface area (Å²) in [5.41, 5.74) is 12.6. The first-order chi connectivity index (χ1) is 22.3. The zero-order valence-corrected chi connectivity index (χ0v) is 24.0. The first-order valence-corrected chi connectivity index (χ1v) is 15.0. The first-order valence-electron chi connectivity index (χ1n) is 15.0. The van der Waals surface area contributed by atoms with Crippen molar-refractivity contribution in [3.8, 4) is 22.6 Å². The Morgan fingerprint density at radius 1 is 0.422 bits per heavy atom. The van der Waals surface area contributed by atoms with Gasteiger partial charge in [0, 0.05) is 27.7 Å². The second-order valence-electron chi connectivity index (χ2n) is 11.4. The number of hydrogen-bond donors (Lipinski definition) is 0. The van der Waals surface area contributed by atoms with E-state index in [4.69, 9.17) is 9.97 Å². The topological polar surface area (TPSA) is 52.9 Å². The molecule has 0 saturated carbocycles. The van der Waals surface area contributed by atoms with Gasteiger partial charge in [-0.25, -0.2) is 9.97 Å². The Balaban J connectivity index is 1.16. The summed E-state index contributed by atoms with van der Waals surface area (Å²) in [7, 11) is 0. The molecule has 6 aromatic carbocycles. The Morgan fingerprint density at radius 2 is 1.07 bits per heavy atom. The fourth-order valence-electron chi connectivity index (χ4n) is 6.86. The second kappa shape index (κ2) is 9.11. The monoisotopic (exact) mass is 576 g/mol. The highest BCUT2D eigenvalue weighted by atomic mass is 15.2. The zero-order chi connectivity index (χ0) is 29.5. The van der Waals surface area contributed by atoms with Crippen molar-refractivity contribution in [1.29, 1.82) is 0 Å². The number of hydrogen-bond acceptors (Lipinski definition) is 3. The molecule has 10 aromatic rings. The van der Waals surface area contributed by atoms with Crippen LogP contribution in [0.15, 0.2) is 146 Å². The van der Waals surface area contributed by atoms with Crippen molar-refractivity contribution in [2.45, 2.75) is 0 Å². The Kier molecular flexibility index (Phi) is 4.90. The van der Waals surface area contributed by atoms with Gasteiger partial charge in [-0.1, -0.05) is 66.7 Å². The number of rotatable bonds is 3. The standard InChI is InChI=1S/C39H24N6/c1-5-13-34-28(9-1)29-23-27(44-37-15-7-8-16-38(37)45-36-14-6-4-12-32(36)42-39(44)45)21-22-35(29)43(34)26-19-17-25(18-20-26)33-24-40-30-10-2-3-11-31(30)41-33/h1-24H. The van der Waals surface area contributed by atoms with Crippen LogP contribution in [0.2, 0.25) is 0 Å². The van der Waals surface area contributed by atoms with Gasteiger partial charge in [-0.2, -0.15) is 0 Å². The molecule has 4 aromatic heterocycles. The number of imidazole rings is 2. The van der Waals surface area contributed by atoms with E-state index in [1.54, 1.807) is 0 Å². The maximum Gasteiger partial charge on any atom is 0.220 e. The highest BCUT2D eigenvalue weighted by molar-refractivity contribution is 6.10. The Morgan fingerprint density at radius 3 is 1.91 bits per heavy atom. The third-order valence-electron chi connectivity index (χ3n) is 8.89. The van der Waals surface area contributed by atoms with Crippen LogP contribution in [0.1, 0.15) is 0 Å². The molecule has 0 atom stereocenters. The van der Waals surface area contributed by atoms with Gasteiger partial charge in [0.05, 0.1) is 56.0 Å². The second-order valence-corrected chi connectivity index (χ2v) is 11.4. The number of benzene rings is 6. The third-order valence-corrected chi connectivity index (χ3v) is 8.89. The number of nitrogens with zero attached hydrogens (tertiary/aromatic N) is 6. The molecule has 0 radical (unpaired) electrons. The fraction of sp³-hybridized carbons (Fsp3) is 0. The lowest BCUT2D eigenvalue weighted by molar-refractivity contribution is 1.11. The molecule has 0 aliphatic carbocycles. The molecule has 45 heavy (non-hydrogen) atoms. The number of fused-ring (bicyclic) bond motifs is 9. The predicted octanol–water partition coefficient (Wildman–Crippen LogP) is 9.14. The van der Waals surface area contributed by atoms with Crippen LogP contribution in [0.25, 0.3) is 83.3 Å². The molecule has 6 heteroatoms. The maximum atomic E-state index is 5.09. The van der Waals surface area contributed by atoms with Crippen LogP contribution in [0.5, 0.6) is 0 Å². The highest BCUT2D eigenvalue weighted by Gasteiger charge is 2.19. The van der Waals surface area contributed by atoms with Gasteiger partial charge in [-0.3, -0.25) is 14.0 Å². The van der Waals surface area contributed by atoms with Crippen LogP contribution in [0.3, 0.4) is 0 Å².